The van der Waals surface area contributed by atoms with Gasteiger partial charge in [0.1, 0.15) is 11.5 Å². The lowest BCUT2D eigenvalue weighted by Crippen LogP contribution is -2.01. The van der Waals surface area contributed by atoms with Gasteiger partial charge in [-0.1, -0.05) is 0 Å². The lowest BCUT2D eigenvalue weighted by molar-refractivity contribution is 0.449. The van der Waals surface area contributed by atoms with Crippen LogP contribution in [0.15, 0.2) is 6.07 Å². The molecule has 58 valence electrons. The minimum absolute atomic E-state index is 0.171. The third kappa shape index (κ3) is 1.84. The summed E-state index contributed by atoms with van der Waals surface area (Å²) in [4.78, 5) is 7.36. The molecule has 2 N–H and O–H groups in total. The molecule has 11 heavy (non-hydrogen) atoms. The number of aliphatic hydroxyl groups is 1. The summed E-state index contributed by atoms with van der Waals surface area (Å²) in [5.74, 6) is 0.181. The number of hydrogen-bond donors (Lipinski definition) is 2. The normalized spacial score (nSPS) is 9.55. The minimum Gasteiger partial charge on any atom is -0.497 e. The van der Waals surface area contributed by atoms with Crippen molar-refractivity contribution in [3.63, 3.8) is 0 Å². The SMILES string of the molecule is Cc1nc(O)cc(C(O)=S)n1. The fourth-order valence-corrected chi connectivity index (χ4v) is 0.766. The van der Waals surface area contributed by atoms with Gasteiger partial charge in [-0.15, -0.1) is 0 Å². The molecule has 0 radical (unpaired) electrons. The Morgan fingerprint density at radius 1 is 1.55 bits per heavy atom. The van der Waals surface area contributed by atoms with Gasteiger partial charge in [-0.25, -0.2) is 4.98 Å². The zero-order valence-corrected chi connectivity index (χ0v) is 6.59. The molecule has 4 nitrogen and oxygen atoms in total. The molecule has 0 atom stereocenters. The standard InChI is InChI=1S/C6H6N2O2S/c1-3-7-4(6(10)11)2-5(9)8-3/h2H,1H3,(H,10,11)(H,7,8,9). The first kappa shape index (κ1) is 7.87. The lowest BCUT2D eigenvalue weighted by Gasteiger charge is -1.97. The van der Waals surface area contributed by atoms with Gasteiger partial charge in [-0.05, 0) is 19.1 Å². The van der Waals surface area contributed by atoms with Crippen molar-refractivity contribution < 1.29 is 10.2 Å². The fraction of sp³-hybridized carbons (Fsp3) is 0.167. The topological polar surface area (TPSA) is 66.2 Å². The van der Waals surface area contributed by atoms with Gasteiger partial charge < -0.3 is 10.2 Å². The van der Waals surface area contributed by atoms with Crippen molar-refractivity contribution in [2.45, 2.75) is 6.92 Å². The zero-order chi connectivity index (χ0) is 8.43. The maximum atomic E-state index is 8.92. The van der Waals surface area contributed by atoms with Gasteiger partial charge in [-0.3, -0.25) is 0 Å². The Balaban J connectivity index is 3.19. The maximum Gasteiger partial charge on any atom is 0.214 e. The van der Waals surface area contributed by atoms with Crippen LogP contribution in [0.2, 0.25) is 0 Å². The van der Waals surface area contributed by atoms with E-state index in [-0.39, 0.29) is 16.6 Å². The van der Waals surface area contributed by atoms with Crippen LogP contribution in [0, 0.1) is 6.92 Å². The minimum atomic E-state index is -0.342. The van der Waals surface area contributed by atoms with E-state index in [1.807, 2.05) is 0 Å². The number of aliphatic hydroxyl groups excluding tert-OH is 1. The molecule has 0 fully saturated rings. The number of hydrogen-bond acceptors (Lipinski definition) is 4. The van der Waals surface area contributed by atoms with E-state index in [1.165, 1.54) is 6.07 Å². The molecule has 5 heteroatoms. The number of nitrogens with zero attached hydrogens (tertiary/aromatic N) is 2. The summed E-state index contributed by atoms with van der Waals surface area (Å²) in [5.41, 5.74) is 0.171. The highest BCUT2D eigenvalue weighted by Gasteiger charge is 2.03. The monoisotopic (exact) mass is 170 g/mol. The average molecular weight is 170 g/mol. The van der Waals surface area contributed by atoms with Crippen LogP contribution in [0.4, 0.5) is 0 Å². The van der Waals surface area contributed by atoms with Gasteiger partial charge in [0, 0.05) is 6.07 Å². The van der Waals surface area contributed by atoms with Crippen LogP contribution < -0.4 is 0 Å². The molecule has 1 aromatic heterocycles. The molecule has 0 spiro atoms. The summed E-state index contributed by atoms with van der Waals surface area (Å²) >= 11 is 4.44. The summed E-state index contributed by atoms with van der Waals surface area (Å²) in [6, 6.07) is 1.20. The van der Waals surface area contributed by atoms with E-state index < -0.39 is 0 Å². The quantitative estimate of drug-likeness (QED) is 0.608. The van der Waals surface area contributed by atoms with Gasteiger partial charge in [0.25, 0.3) is 0 Å². The Morgan fingerprint density at radius 3 is 2.64 bits per heavy atom. The van der Waals surface area contributed by atoms with Crippen LogP contribution in [0.25, 0.3) is 0 Å². The van der Waals surface area contributed by atoms with Crippen LogP contribution >= 0.6 is 12.2 Å². The highest BCUT2D eigenvalue weighted by Crippen LogP contribution is 2.06. The Bertz CT molecular complexity index is 280. The fourth-order valence-electron chi connectivity index (χ4n) is 0.661. The van der Waals surface area contributed by atoms with Crippen molar-refractivity contribution in [2.24, 2.45) is 0 Å². The number of aromatic hydroxyl groups is 1. The summed E-state index contributed by atoms with van der Waals surface area (Å²) < 4.78 is 0. The van der Waals surface area contributed by atoms with Gasteiger partial charge in [0.15, 0.2) is 0 Å². The molecule has 1 heterocycles. The van der Waals surface area contributed by atoms with Crippen LogP contribution in [-0.4, -0.2) is 25.2 Å². The smallest absolute Gasteiger partial charge is 0.214 e. The highest BCUT2D eigenvalue weighted by molar-refractivity contribution is 7.80. The van der Waals surface area contributed by atoms with E-state index in [0.717, 1.165) is 0 Å². The van der Waals surface area contributed by atoms with Crippen LogP contribution in [0.3, 0.4) is 0 Å². The Kier molecular flexibility index (Phi) is 2.00. The molecule has 0 saturated heterocycles. The zero-order valence-electron chi connectivity index (χ0n) is 5.77. The second kappa shape index (κ2) is 2.79. The van der Waals surface area contributed by atoms with E-state index in [4.69, 9.17) is 10.2 Å². The highest BCUT2D eigenvalue weighted by atomic mass is 32.1. The first-order chi connectivity index (χ1) is 5.09. The van der Waals surface area contributed by atoms with Crippen molar-refractivity contribution in [2.75, 3.05) is 0 Å². The second-order valence-corrected chi connectivity index (χ2v) is 2.35. The molecular weight excluding hydrogens is 164 g/mol. The van der Waals surface area contributed by atoms with Gasteiger partial charge in [0.05, 0.1) is 0 Å². The van der Waals surface area contributed by atoms with Crippen LogP contribution in [0.1, 0.15) is 11.5 Å². The average Bonchev–Trinajstić information content (AvgIpc) is 1.85. The molecule has 1 aromatic rings. The molecule has 0 saturated carbocycles. The van der Waals surface area contributed by atoms with Crippen molar-refractivity contribution in [1.82, 2.24) is 9.97 Å². The summed E-state index contributed by atoms with van der Waals surface area (Å²) in [6.45, 7) is 1.60. The molecular formula is C6H6N2O2S. The molecule has 0 unspecified atom stereocenters. The second-order valence-electron chi connectivity index (χ2n) is 1.96. The predicted molar refractivity (Wildman–Crippen MR) is 42.8 cm³/mol. The summed E-state index contributed by atoms with van der Waals surface area (Å²) in [5, 5.41) is 17.4. The molecule has 0 aromatic carbocycles. The lowest BCUT2D eigenvalue weighted by atomic mass is 10.4. The Labute approximate surface area is 68.5 Å². The first-order valence-electron chi connectivity index (χ1n) is 2.87. The third-order valence-corrected chi connectivity index (χ3v) is 1.25. The van der Waals surface area contributed by atoms with E-state index in [9.17, 15) is 0 Å². The maximum absolute atomic E-state index is 8.92. The number of thiocarbonyl (C=S) groups is 1. The molecule has 0 aliphatic heterocycles. The third-order valence-electron chi connectivity index (χ3n) is 1.04. The summed E-state index contributed by atoms with van der Waals surface area (Å²) in [6.07, 6.45) is 0. The molecule has 1 rings (SSSR count). The van der Waals surface area contributed by atoms with E-state index in [1.54, 1.807) is 6.92 Å². The molecule has 0 aliphatic carbocycles. The van der Waals surface area contributed by atoms with E-state index in [2.05, 4.69) is 22.2 Å². The first-order valence-corrected chi connectivity index (χ1v) is 3.28. The van der Waals surface area contributed by atoms with Gasteiger partial charge >= 0.3 is 0 Å². The van der Waals surface area contributed by atoms with Crippen molar-refractivity contribution in [3.8, 4) is 5.88 Å². The van der Waals surface area contributed by atoms with Crippen molar-refractivity contribution in [3.05, 3.63) is 17.6 Å². The largest absolute Gasteiger partial charge is 0.497 e. The van der Waals surface area contributed by atoms with Crippen molar-refractivity contribution >= 4 is 17.3 Å². The van der Waals surface area contributed by atoms with Crippen LogP contribution in [-0.2, 0) is 0 Å². The van der Waals surface area contributed by atoms with Crippen molar-refractivity contribution in [1.29, 1.82) is 0 Å². The van der Waals surface area contributed by atoms with E-state index >= 15 is 0 Å². The summed E-state index contributed by atoms with van der Waals surface area (Å²) in [7, 11) is 0. The van der Waals surface area contributed by atoms with Gasteiger partial charge in [0.2, 0.25) is 10.9 Å². The van der Waals surface area contributed by atoms with Gasteiger partial charge in [-0.2, -0.15) is 4.98 Å². The van der Waals surface area contributed by atoms with E-state index in [0.29, 0.717) is 5.82 Å². The van der Waals surface area contributed by atoms with Crippen LogP contribution in [0.5, 0.6) is 5.88 Å². The number of rotatable bonds is 1. The molecule has 0 bridgehead atoms. The molecule has 0 amide bonds. The predicted octanol–water partition coefficient (Wildman–Crippen LogP) is 0.724. The number of aryl methyl sites for hydroxylation is 1. The number of aromatic nitrogens is 2. The molecule has 0 aliphatic rings. The Hall–Kier alpha value is -1.23. The Morgan fingerprint density at radius 2 is 2.18 bits per heavy atom.